The van der Waals surface area contributed by atoms with Crippen molar-refractivity contribution < 1.29 is 13.9 Å². The maximum absolute atomic E-state index is 13.8. The van der Waals surface area contributed by atoms with Gasteiger partial charge in [-0.3, -0.25) is 0 Å². The zero-order valence-corrected chi connectivity index (χ0v) is 12.8. The summed E-state index contributed by atoms with van der Waals surface area (Å²) in [7, 11) is 0. The van der Waals surface area contributed by atoms with Gasteiger partial charge >= 0.3 is 5.97 Å². The fourth-order valence-corrected chi connectivity index (χ4v) is 2.34. The molecular weight excluding hydrogens is 315 g/mol. The summed E-state index contributed by atoms with van der Waals surface area (Å²) in [6.07, 6.45) is 0. The van der Waals surface area contributed by atoms with Crippen molar-refractivity contribution in [2.45, 2.75) is 0 Å². The first-order valence-corrected chi connectivity index (χ1v) is 7.34. The SMILES string of the molecule is O=C(Oc1ccc(-c2ccccc2)cc1)c1cccc(Cl)c1F. The third-order valence-electron chi connectivity index (χ3n) is 3.34. The van der Waals surface area contributed by atoms with Crippen LogP contribution < -0.4 is 4.74 Å². The Morgan fingerprint density at radius 3 is 2.17 bits per heavy atom. The summed E-state index contributed by atoms with van der Waals surface area (Å²) >= 11 is 5.67. The highest BCUT2D eigenvalue weighted by molar-refractivity contribution is 6.31. The van der Waals surface area contributed by atoms with Gasteiger partial charge in [-0.15, -0.1) is 0 Å². The summed E-state index contributed by atoms with van der Waals surface area (Å²) in [4.78, 5) is 12.0. The lowest BCUT2D eigenvalue weighted by atomic mass is 10.1. The fourth-order valence-electron chi connectivity index (χ4n) is 2.17. The van der Waals surface area contributed by atoms with Crippen LogP contribution >= 0.6 is 11.6 Å². The van der Waals surface area contributed by atoms with Gasteiger partial charge in [0.25, 0.3) is 0 Å². The zero-order valence-electron chi connectivity index (χ0n) is 12.0. The summed E-state index contributed by atoms with van der Waals surface area (Å²) in [5, 5.41) is -0.112. The van der Waals surface area contributed by atoms with E-state index in [0.29, 0.717) is 5.75 Å². The Balaban J connectivity index is 1.78. The lowest BCUT2D eigenvalue weighted by molar-refractivity contribution is 0.0730. The highest BCUT2D eigenvalue weighted by Crippen LogP contribution is 2.24. The quantitative estimate of drug-likeness (QED) is 0.478. The van der Waals surface area contributed by atoms with Gasteiger partial charge in [0.2, 0.25) is 0 Å². The van der Waals surface area contributed by atoms with Crippen molar-refractivity contribution in [2.75, 3.05) is 0 Å². The predicted octanol–water partition coefficient (Wildman–Crippen LogP) is 5.37. The molecule has 0 aliphatic rings. The molecule has 0 amide bonds. The van der Waals surface area contributed by atoms with E-state index in [9.17, 15) is 9.18 Å². The molecule has 0 saturated heterocycles. The van der Waals surface area contributed by atoms with E-state index in [1.54, 1.807) is 12.1 Å². The number of rotatable bonds is 3. The van der Waals surface area contributed by atoms with E-state index in [-0.39, 0.29) is 10.6 Å². The molecule has 0 saturated carbocycles. The maximum Gasteiger partial charge on any atom is 0.346 e. The Hall–Kier alpha value is -2.65. The van der Waals surface area contributed by atoms with Crippen molar-refractivity contribution >= 4 is 17.6 Å². The second kappa shape index (κ2) is 6.63. The van der Waals surface area contributed by atoms with Crippen LogP contribution in [0.15, 0.2) is 72.8 Å². The number of hydrogen-bond acceptors (Lipinski definition) is 2. The third kappa shape index (κ3) is 3.41. The molecule has 23 heavy (non-hydrogen) atoms. The fraction of sp³-hybridized carbons (Fsp3) is 0. The van der Waals surface area contributed by atoms with Crippen molar-refractivity contribution in [3.05, 3.63) is 89.2 Å². The van der Waals surface area contributed by atoms with E-state index in [0.717, 1.165) is 11.1 Å². The first-order valence-electron chi connectivity index (χ1n) is 6.97. The topological polar surface area (TPSA) is 26.3 Å². The first-order chi connectivity index (χ1) is 11.1. The number of ether oxygens (including phenoxy) is 1. The van der Waals surface area contributed by atoms with Gasteiger partial charge in [-0.1, -0.05) is 60.1 Å². The van der Waals surface area contributed by atoms with E-state index in [2.05, 4.69) is 0 Å². The van der Waals surface area contributed by atoms with Gasteiger partial charge in [0.05, 0.1) is 10.6 Å². The van der Waals surface area contributed by atoms with Crippen LogP contribution in [0.25, 0.3) is 11.1 Å². The summed E-state index contributed by atoms with van der Waals surface area (Å²) < 4.78 is 19.0. The highest BCUT2D eigenvalue weighted by atomic mass is 35.5. The molecule has 0 spiro atoms. The van der Waals surface area contributed by atoms with Crippen molar-refractivity contribution in [3.8, 4) is 16.9 Å². The summed E-state index contributed by atoms with van der Waals surface area (Å²) in [5.74, 6) is -1.22. The molecule has 3 aromatic rings. The first kappa shape index (κ1) is 15.3. The molecule has 0 aromatic heterocycles. The Labute approximate surface area is 138 Å². The minimum atomic E-state index is -0.780. The minimum absolute atomic E-state index is 0.112. The Morgan fingerprint density at radius 1 is 0.826 bits per heavy atom. The summed E-state index contributed by atoms with van der Waals surface area (Å²) in [5.41, 5.74) is 1.87. The number of carbonyl (C=O) groups excluding carboxylic acids is 1. The van der Waals surface area contributed by atoms with Crippen molar-refractivity contribution in [1.29, 1.82) is 0 Å². The zero-order chi connectivity index (χ0) is 16.2. The van der Waals surface area contributed by atoms with Crippen molar-refractivity contribution in [2.24, 2.45) is 0 Å². The molecule has 0 fully saturated rings. The molecule has 4 heteroatoms. The number of esters is 1. The third-order valence-corrected chi connectivity index (χ3v) is 3.64. The summed E-state index contributed by atoms with van der Waals surface area (Å²) in [6, 6.07) is 21.1. The average Bonchev–Trinajstić information content (AvgIpc) is 2.59. The lowest BCUT2D eigenvalue weighted by Crippen LogP contribution is -2.10. The minimum Gasteiger partial charge on any atom is -0.423 e. The number of benzene rings is 3. The molecule has 2 nitrogen and oxygen atoms in total. The average molecular weight is 327 g/mol. The Kier molecular flexibility index (Phi) is 4.40. The molecule has 0 heterocycles. The molecule has 3 aromatic carbocycles. The number of carbonyl (C=O) groups is 1. The van der Waals surface area contributed by atoms with Crippen LogP contribution in [0, 0.1) is 5.82 Å². The molecule has 0 aliphatic heterocycles. The van der Waals surface area contributed by atoms with Crippen LogP contribution in [0.2, 0.25) is 5.02 Å². The smallest absolute Gasteiger partial charge is 0.346 e. The van der Waals surface area contributed by atoms with Gasteiger partial charge in [-0.2, -0.15) is 0 Å². The van der Waals surface area contributed by atoms with Gasteiger partial charge in [0, 0.05) is 0 Å². The molecule has 0 aliphatic carbocycles. The number of hydrogen-bond donors (Lipinski definition) is 0. The van der Waals surface area contributed by atoms with E-state index in [1.165, 1.54) is 18.2 Å². The van der Waals surface area contributed by atoms with Gasteiger partial charge in [-0.25, -0.2) is 9.18 Å². The van der Waals surface area contributed by atoms with Gasteiger partial charge in [0.1, 0.15) is 5.75 Å². The molecule has 0 radical (unpaired) electrons. The lowest BCUT2D eigenvalue weighted by Gasteiger charge is -2.07. The highest BCUT2D eigenvalue weighted by Gasteiger charge is 2.16. The summed E-state index contributed by atoms with van der Waals surface area (Å²) in [6.45, 7) is 0. The van der Waals surface area contributed by atoms with Crippen molar-refractivity contribution in [3.63, 3.8) is 0 Å². The van der Waals surface area contributed by atoms with Crippen LogP contribution in [-0.2, 0) is 0 Å². The van der Waals surface area contributed by atoms with Gasteiger partial charge < -0.3 is 4.74 Å². The standard InChI is InChI=1S/C19H12ClFO2/c20-17-8-4-7-16(18(17)21)19(22)23-15-11-9-14(10-12-15)13-5-2-1-3-6-13/h1-12H. The van der Waals surface area contributed by atoms with E-state index >= 15 is 0 Å². The second-order valence-electron chi connectivity index (χ2n) is 4.88. The maximum atomic E-state index is 13.8. The van der Waals surface area contributed by atoms with E-state index in [1.807, 2.05) is 42.5 Å². The van der Waals surface area contributed by atoms with Crippen molar-refractivity contribution in [1.82, 2.24) is 0 Å². The molecule has 3 rings (SSSR count). The molecule has 0 atom stereocenters. The molecule has 0 bridgehead atoms. The Bertz CT molecular complexity index is 830. The van der Waals surface area contributed by atoms with Gasteiger partial charge in [0.15, 0.2) is 5.82 Å². The molecule has 0 N–H and O–H groups in total. The van der Waals surface area contributed by atoms with Crippen LogP contribution in [-0.4, -0.2) is 5.97 Å². The largest absolute Gasteiger partial charge is 0.423 e. The van der Waals surface area contributed by atoms with Crippen LogP contribution in [0.5, 0.6) is 5.75 Å². The molecule has 114 valence electrons. The normalized spacial score (nSPS) is 10.3. The molecule has 0 unspecified atom stereocenters. The second-order valence-corrected chi connectivity index (χ2v) is 5.29. The van der Waals surface area contributed by atoms with Crippen LogP contribution in [0.1, 0.15) is 10.4 Å². The van der Waals surface area contributed by atoms with E-state index < -0.39 is 11.8 Å². The Morgan fingerprint density at radius 2 is 1.48 bits per heavy atom. The molecular formula is C19H12ClFO2. The van der Waals surface area contributed by atoms with E-state index in [4.69, 9.17) is 16.3 Å². The van der Waals surface area contributed by atoms with Gasteiger partial charge in [-0.05, 0) is 35.4 Å². The predicted molar refractivity (Wildman–Crippen MR) is 88.2 cm³/mol. The monoisotopic (exact) mass is 326 g/mol. The number of halogens is 2. The van der Waals surface area contributed by atoms with Crippen LogP contribution in [0.3, 0.4) is 0 Å². The van der Waals surface area contributed by atoms with Crippen LogP contribution in [0.4, 0.5) is 4.39 Å².